The van der Waals surface area contributed by atoms with Crippen molar-refractivity contribution in [3.63, 3.8) is 0 Å². The molecule has 2 rings (SSSR count). The van der Waals surface area contributed by atoms with Crippen LogP contribution in [-0.4, -0.2) is 50.3 Å². The van der Waals surface area contributed by atoms with Crippen molar-refractivity contribution in [2.45, 2.75) is 25.8 Å². The Morgan fingerprint density at radius 1 is 1.43 bits per heavy atom. The van der Waals surface area contributed by atoms with Gasteiger partial charge in [-0.25, -0.2) is 0 Å². The zero-order valence-corrected chi connectivity index (χ0v) is 9.17. The van der Waals surface area contributed by atoms with E-state index in [0.29, 0.717) is 0 Å². The summed E-state index contributed by atoms with van der Waals surface area (Å²) >= 11 is 0. The molecule has 0 radical (unpaired) electrons. The van der Waals surface area contributed by atoms with Gasteiger partial charge in [0, 0.05) is 25.7 Å². The maximum atomic E-state index is 5.42. The summed E-state index contributed by atoms with van der Waals surface area (Å²) < 4.78 is 5.42. The fraction of sp³-hybridized carbons (Fsp3) is 1.00. The highest BCUT2D eigenvalue weighted by Gasteiger charge is 2.25. The summed E-state index contributed by atoms with van der Waals surface area (Å²) in [5.74, 6) is 0.788. The quantitative estimate of drug-likeness (QED) is 0.720. The van der Waals surface area contributed by atoms with E-state index in [1.54, 1.807) is 0 Å². The molecule has 2 fully saturated rings. The molecule has 2 atom stereocenters. The Morgan fingerprint density at radius 2 is 2.36 bits per heavy atom. The summed E-state index contributed by atoms with van der Waals surface area (Å²) in [6, 6.07) is 0.778. The van der Waals surface area contributed by atoms with Gasteiger partial charge in [-0.05, 0) is 31.8 Å². The number of rotatable bonds is 4. The van der Waals surface area contributed by atoms with Crippen LogP contribution in [0.1, 0.15) is 19.8 Å². The molecule has 3 heteroatoms. The van der Waals surface area contributed by atoms with E-state index in [0.717, 1.165) is 25.2 Å². The van der Waals surface area contributed by atoms with Gasteiger partial charge in [-0.15, -0.1) is 0 Å². The molecule has 0 saturated carbocycles. The van der Waals surface area contributed by atoms with E-state index < -0.39 is 0 Å². The molecule has 0 spiro atoms. The number of likely N-dealkylation sites (N-methyl/N-ethyl adjacent to an activating group) is 1. The van der Waals surface area contributed by atoms with Gasteiger partial charge in [0.25, 0.3) is 0 Å². The molecule has 0 aliphatic carbocycles. The number of nitrogens with one attached hydrogen (secondary N) is 1. The second kappa shape index (κ2) is 5.10. The molecule has 2 saturated heterocycles. The van der Waals surface area contributed by atoms with Crippen LogP contribution in [-0.2, 0) is 4.74 Å². The first-order valence-electron chi connectivity index (χ1n) is 5.92. The molecule has 2 unspecified atom stereocenters. The van der Waals surface area contributed by atoms with Gasteiger partial charge in [0.15, 0.2) is 0 Å². The van der Waals surface area contributed by atoms with Crippen LogP contribution in [0.3, 0.4) is 0 Å². The fourth-order valence-electron chi connectivity index (χ4n) is 2.55. The van der Waals surface area contributed by atoms with Crippen LogP contribution in [0.25, 0.3) is 0 Å². The van der Waals surface area contributed by atoms with E-state index in [-0.39, 0.29) is 0 Å². The lowest BCUT2D eigenvalue weighted by molar-refractivity contribution is 0.152. The maximum absolute atomic E-state index is 5.42. The number of hydrogen-bond donors (Lipinski definition) is 1. The Kier molecular flexibility index (Phi) is 3.79. The molecular formula is C11H22N2O. The zero-order chi connectivity index (χ0) is 9.80. The molecule has 14 heavy (non-hydrogen) atoms. The van der Waals surface area contributed by atoms with Crippen LogP contribution < -0.4 is 5.32 Å². The SMILES string of the molecule is CCN(CC1CCOC1)C1CCNC1. The smallest absolute Gasteiger partial charge is 0.0507 e. The average molecular weight is 198 g/mol. The molecule has 82 valence electrons. The van der Waals surface area contributed by atoms with E-state index in [9.17, 15) is 0 Å². The predicted molar refractivity (Wildman–Crippen MR) is 57.4 cm³/mol. The molecule has 0 amide bonds. The molecule has 0 bridgehead atoms. The predicted octanol–water partition coefficient (Wildman–Crippen LogP) is 0.707. The lowest BCUT2D eigenvalue weighted by Crippen LogP contribution is -2.40. The number of nitrogens with zero attached hydrogens (tertiary/aromatic N) is 1. The summed E-state index contributed by atoms with van der Waals surface area (Å²) in [6.07, 6.45) is 2.58. The highest BCUT2D eigenvalue weighted by Crippen LogP contribution is 2.17. The standard InChI is InChI=1S/C11H22N2O/c1-2-13(11-3-5-12-7-11)8-10-4-6-14-9-10/h10-12H,2-9H2,1H3. The molecule has 2 aliphatic rings. The summed E-state index contributed by atoms with van der Waals surface area (Å²) in [5.41, 5.74) is 0. The van der Waals surface area contributed by atoms with Gasteiger partial charge in [-0.3, -0.25) is 4.90 Å². The lowest BCUT2D eigenvalue weighted by Gasteiger charge is -2.29. The number of ether oxygens (including phenoxy) is 1. The van der Waals surface area contributed by atoms with Crippen molar-refractivity contribution in [3.8, 4) is 0 Å². The Balaban J connectivity index is 1.79. The third-order valence-electron chi connectivity index (χ3n) is 3.47. The van der Waals surface area contributed by atoms with E-state index in [2.05, 4.69) is 17.1 Å². The van der Waals surface area contributed by atoms with Crippen molar-refractivity contribution in [1.82, 2.24) is 10.2 Å². The van der Waals surface area contributed by atoms with Crippen LogP contribution in [0.15, 0.2) is 0 Å². The summed E-state index contributed by atoms with van der Waals surface area (Å²) in [4.78, 5) is 2.62. The van der Waals surface area contributed by atoms with Crippen LogP contribution >= 0.6 is 0 Å². The second-order valence-electron chi connectivity index (χ2n) is 4.46. The van der Waals surface area contributed by atoms with Crippen LogP contribution in [0.2, 0.25) is 0 Å². The summed E-state index contributed by atoms with van der Waals surface area (Å²) in [6.45, 7) is 9.03. The minimum absolute atomic E-state index is 0.778. The van der Waals surface area contributed by atoms with Crippen LogP contribution in [0, 0.1) is 5.92 Å². The van der Waals surface area contributed by atoms with Gasteiger partial charge in [0.2, 0.25) is 0 Å². The van der Waals surface area contributed by atoms with Crippen molar-refractivity contribution >= 4 is 0 Å². The Morgan fingerprint density at radius 3 is 2.93 bits per heavy atom. The Labute approximate surface area is 86.8 Å². The van der Waals surface area contributed by atoms with Crippen LogP contribution in [0.4, 0.5) is 0 Å². The van der Waals surface area contributed by atoms with Gasteiger partial charge < -0.3 is 10.1 Å². The second-order valence-corrected chi connectivity index (χ2v) is 4.46. The third kappa shape index (κ3) is 2.47. The molecule has 2 aliphatic heterocycles. The lowest BCUT2D eigenvalue weighted by atomic mass is 10.1. The average Bonchev–Trinajstić information content (AvgIpc) is 2.86. The fourth-order valence-corrected chi connectivity index (χ4v) is 2.55. The third-order valence-corrected chi connectivity index (χ3v) is 3.47. The first kappa shape index (κ1) is 10.4. The van der Waals surface area contributed by atoms with Crippen molar-refractivity contribution < 1.29 is 4.74 Å². The van der Waals surface area contributed by atoms with E-state index in [1.807, 2.05) is 0 Å². The van der Waals surface area contributed by atoms with Gasteiger partial charge in [0.05, 0.1) is 6.61 Å². The normalized spacial score (nSPS) is 33.0. The van der Waals surface area contributed by atoms with Crippen LogP contribution in [0.5, 0.6) is 0 Å². The number of hydrogen-bond acceptors (Lipinski definition) is 3. The van der Waals surface area contributed by atoms with Crippen molar-refractivity contribution in [2.24, 2.45) is 5.92 Å². The highest BCUT2D eigenvalue weighted by molar-refractivity contribution is 4.82. The first-order valence-corrected chi connectivity index (χ1v) is 5.92. The van der Waals surface area contributed by atoms with Gasteiger partial charge in [-0.1, -0.05) is 6.92 Å². The van der Waals surface area contributed by atoms with E-state index >= 15 is 0 Å². The molecule has 2 heterocycles. The topological polar surface area (TPSA) is 24.5 Å². The van der Waals surface area contributed by atoms with Crippen molar-refractivity contribution in [1.29, 1.82) is 0 Å². The Hall–Kier alpha value is -0.120. The largest absolute Gasteiger partial charge is 0.381 e. The highest BCUT2D eigenvalue weighted by atomic mass is 16.5. The summed E-state index contributed by atoms with van der Waals surface area (Å²) in [7, 11) is 0. The molecule has 3 nitrogen and oxygen atoms in total. The monoisotopic (exact) mass is 198 g/mol. The zero-order valence-electron chi connectivity index (χ0n) is 9.17. The minimum atomic E-state index is 0.778. The van der Waals surface area contributed by atoms with Gasteiger partial charge >= 0.3 is 0 Å². The molecule has 0 aromatic carbocycles. The van der Waals surface area contributed by atoms with Crippen molar-refractivity contribution in [2.75, 3.05) is 39.4 Å². The van der Waals surface area contributed by atoms with E-state index in [4.69, 9.17) is 4.74 Å². The summed E-state index contributed by atoms with van der Waals surface area (Å²) in [5, 5.41) is 3.44. The Bertz CT molecular complexity index is 163. The van der Waals surface area contributed by atoms with Gasteiger partial charge in [0.1, 0.15) is 0 Å². The van der Waals surface area contributed by atoms with E-state index in [1.165, 1.54) is 39.0 Å². The molecular weight excluding hydrogens is 176 g/mol. The molecule has 0 aromatic rings. The van der Waals surface area contributed by atoms with Crippen molar-refractivity contribution in [3.05, 3.63) is 0 Å². The molecule has 0 aromatic heterocycles. The molecule has 1 N–H and O–H groups in total. The minimum Gasteiger partial charge on any atom is -0.381 e. The maximum Gasteiger partial charge on any atom is 0.0507 e. The van der Waals surface area contributed by atoms with Gasteiger partial charge in [-0.2, -0.15) is 0 Å². The first-order chi connectivity index (χ1) is 6.90.